The Morgan fingerprint density at radius 1 is 1.33 bits per heavy atom. The van der Waals surface area contributed by atoms with Gasteiger partial charge in [0.1, 0.15) is 0 Å². The zero-order valence-corrected chi connectivity index (χ0v) is 8.64. The Labute approximate surface area is 76.2 Å². The third-order valence-electron chi connectivity index (χ3n) is 2.83. The van der Waals surface area contributed by atoms with Crippen LogP contribution in [0.2, 0.25) is 0 Å². The summed E-state index contributed by atoms with van der Waals surface area (Å²) in [5, 5.41) is 10.2. The highest BCUT2D eigenvalue weighted by molar-refractivity contribution is 4.84. The number of rotatable bonds is 6. The van der Waals surface area contributed by atoms with Crippen LogP contribution in [-0.2, 0) is 0 Å². The van der Waals surface area contributed by atoms with Gasteiger partial charge in [-0.3, -0.25) is 0 Å². The second-order valence-electron chi connectivity index (χ2n) is 3.55. The molecule has 0 aromatic rings. The quantitative estimate of drug-likeness (QED) is 0.644. The Morgan fingerprint density at radius 2 is 1.92 bits per heavy atom. The number of hydrogen-bond donors (Lipinski definition) is 2. The van der Waals surface area contributed by atoms with Crippen molar-refractivity contribution in [3.63, 3.8) is 0 Å². The molecule has 0 rings (SSSR count). The third-order valence-corrected chi connectivity index (χ3v) is 2.83. The van der Waals surface area contributed by atoms with Crippen LogP contribution in [0.4, 0.5) is 0 Å². The van der Waals surface area contributed by atoms with Crippen molar-refractivity contribution in [2.24, 2.45) is 11.7 Å². The van der Waals surface area contributed by atoms with Crippen molar-refractivity contribution in [1.82, 2.24) is 0 Å². The third kappa shape index (κ3) is 2.76. The van der Waals surface area contributed by atoms with Gasteiger partial charge in [-0.15, -0.1) is 0 Å². The number of aliphatic hydroxyl groups is 1. The average molecular weight is 173 g/mol. The van der Waals surface area contributed by atoms with E-state index in [2.05, 4.69) is 13.8 Å². The average Bonchev–Trinajstić information content (AvgIpc) is 2.07. The molecule has 0 heterocycles. The second kappa shape index (κ2) is 5.55. The first kappa shape index (κ1) is 11.9. The number of hydrogen-bond acceptors (Lipinski definition) is 2. The normalized spacial score (nSPS) is 18.8. The molecule has 12 heavy (non-hydrogen) atoms. The van der Waals surface area contributed by atoms with Crippen LogP contribution in [-0.4, -0.2) is 17.3 Å². The molecule has 0 saturated carbocycles. The summed E-state index contributed by atoms with van der Waals surface area (Å²) in [6, 6.07) is 0. The summed E-state index contributed by atoms with van der Waals surface area (Å²) in [6.07, 6.45) is 3.69. The smallest absolute Gasteiger partial charge is 0.0685 e. The minimum absolute atomic E-state index is 0.266. The molecular formula is C10H23NO. The first-order valence-corrected chi connectivity index (χ1v) is 5.07. The molecular weight excluding hydrogens is 150 g/mol. The summed E-state index contributed by atoms with van der Waals surface area (Å²) in [7, 11) is 0. The van der Waals surface area contributed by atoms with Crippen molar-refractivity contribution in [2.45, 2.75) is 52.1 Å². The van der Waals surface area contributed by atoms with Crippen LogP contribution in [0.25, 0.3) is 0 Å². The van der Waals surface area contributed by atoms with Crippen molar-refractivity contribution in [1.29, 1.82) is 0 Å². The largest absolute Gasteiger partial charge is 0.390 e. The first-order chi connectivity index (χ1) is 5.64. The van der Waals surface area contributed by atoms with Gasteiger partial charge >= 0.3 is 0 Å². The maximum Gasteiger partial charge on any atom is 0.0685 e. The lowest BCUT2D eigenvalue weighted by atomic mass is 9.80. The van der Waals surface area contributed by atoms with Crippen molar-refractivity contribution in [3.05, 3.63) is 0 Å². The van der Waals surface area contributed by atoms with Gasteiger partial charge in [0.2, 0.25) is 0 Å². The zero-order chi connectivity index (χ0) is 9.61. The summed E-state index contributed by atoms with van der Waals surface area (Å²) in [6.45, 7) is 6.83. The van der Waals surface area contributed by atoms with E-state index in [1.54, 1.807) is 0 Å². The predicted molar refractivity (Wildman–Crippen MR) is 53.0 cm³/mol. The molecule has 2 heteroatoms. The Balaban J connectivity index is 4.24. The van der Waals surface area contributed by atoms with Gasteiger partial charge in [-0.1, -0.05) is 27.2 Å². The van der Waals surface area contributed by atoms with E-state index in [4.69, 9.17) is 5.73 Å². The van der Waals surface area contributed by atoms with E-state index in [0.29, 0.717) is 6.54 Å². The van der Waals surface area contributed by atoms with Crippen LogP contribution in [0.3, 0.4) is 0 Å². The fraction of sp³-hybridized carbons (Fsp3) is 1.00. The highest BCUT2D eigenvalue weighted by Gasteiger charge is 2.31. The molecule has 2 nitrogen and oxygen atoms in total. The van der Waals surface area contributed by atoms with Crippen LogP contribution in [0, 0.1) is 5.92 Å². The highest BCUT2D eigenvalue weighted by Crippen LogP contribution is 2.28. The molecule has 2 atom stereocenters. The second-order valence-corrected chi connectivity index (χ2v) is 3.55. The molecule has 0 radical (unpaired) electrons. The summed E-state index contributed by atoms with van der Waals surface area (Å²) in [4.78, 5) is 0. The molecule has 0 aromatic carbocycles. The Bertz CT molecular complexity index is 112. The van der Waals surface area contributed by atoms with Crippen LogP contribution in [0.15, 0.2) is 0 Å². The van der Waals surface area contributed by atoms with E-state index < -0.39 is 5.60 Å². The molecule has 0 aliphatic rings. The highest BCUT2D eigenvalue weighted by atomic mass is 16.3. The molecule has 0 fully saturated rings. The van der Waals surface area contributed by atoms with Crippen LogP contribution < -0.4 is 5.73 Å². The van der Waals surface area contributed by atoms with Crippen molar-refractivity contribution in [2.75, 3.05) is 6.54 Å². The molecule has 0 bridgehead atoms. The molecule has 0 amide bonds. The lowest BCUT2D eigenvalue weighted by Gasteiger charge is -2.34. The van der Waals surface area contributed by atoms with E-state index >= 15 is 0 Å². The Morgan fingerprint density at radius 3 is 2.17 bits per heavy atom. The van der Waals surface area contributed by atoms with Crippen LogP contribution in [0.1, 0.15) is 46.5 Å². The van der Waals surface area contributed by atoms with Gasteiger partial charge in [0.05, 0.1) is 5.60 Å². The van der Waals surface area contributed by atoms with Gasteiger partial charge in [-0.2, -0.15) is 0 Å². The molecule has 0 aliphatic carbocycles. The lowest BCUT2D eigenvalue weighted by Crippen LogP contribution is -2.41. The van der Waals surface area contributed by atoms with Crippen LogP contribution in [0.5, 0.6) is 0 Å². The SMILES string of the molecule is CCCC(O)(CC)C(CC)CN. The van der Waals surface area contributed by atoms with Crippen molar-refractivity contribution >= 4 is 0 Å². The van der Waals surface area contributed by atoms with Gasteiger partial charge in [-0.05, 0) is 31.7 Å². The van der Waals surface area contributed by atoms with E-state index in [0.717, 1.165) is 25.7 Å². The summed E-state index contributed by atoms with van der Waals surface area (Å²) < 4.78 is 0. The molecule has 2 unspecified atom stereocenters. The van der Waals surface area contributed by atoms with Gasteiger partial charge in [-0.25, -0.2) is 0 Å². The molecule has 0 saturated heterocycles. The van der Waals surface area contributed by atoms with E-state index in [1.165, 1.54) is 0 Å². The Kier molecular flexibility index (Phi) is 5.51. The topological polar surface area (TPSA) is 46.2 Å². The standard InChI is InChI=1S/C10H23NO/c1-4-7-10(12,6-3)9(5-2)8-11/h9,12H,4-8,11H2,1-3H3. The van der Waals surface area contributed by atoms with E-state index in [9.17, 15) is 5.11 Å². The monoisotopic (exact) mass is 173 g/mol. The number of nitrogens with two attached hydrogens (primary N) is 1. The van der Waals surface area contributed by atoms with Crippen molar-refractivity contribution < 1.29 is 5.11 Å². The van der Waals surface area contributed by atoms with Gasteiger partial charge in [0.25, 0.3) is 0 Å². The Hall–Kier alpha value is -0.0800. The molecule has 0 aromatic heterocycles. The molecule has 0 spiro atoms. The maximum atomic E-state index is 10.2. The first-order valence-electron chi connectivity index (χ1n) is 5.07. The maximum absolute atomic E-state index is 10.2. The zero-order valence-electron chi connectivity index (χ0n) is 8.64. The minimum atomic E-state index is -0.516. The van der Waals surface area contributed by atoms with E-state index in [-0.39, 0.29) is 5.92 Å². The fourth-order valence-electron chi connectivity index (χ4n) is 1.87. The van der Waals surface area contributed by atoms with Gasteiger partial charge in [0.15, 0.2) is 0 Å². The predicted octanol–water partition coefficient (Wildman–Crippen LogP) is 1.91. The molecule has 3 N–H and O–H groups in total. The molecule has 0 aliphatic heterocycles. The summed E-state index contributed by atoms with van der Waals surface area (Å²) >= 11 is 0. The van der Waals surface area contributed by atoms with Gasteiger partial charge < -0.3 is 10.8 Å². The van der Waals surface area contributed by atoms with Crippen LogP contribution >= 0.6 is 0 Å². The van der Waals surface area contributed by atoms with Gasteiger partial charge in [0, 0.05) is 0 Å². The van der Waals surface area contributed by atoms with Crippen molar-refractivity contribution in [3.8, 4) is 0 Å². The summed E-state index contributed by atoms with van der Waals surface area (Å²) in [5.41, 5.74) is 5.10. The van der Waals surface area contributed by atoms with E-state index in [1.807, 2.05) is 6.92 Å². The minimum Gasteiger partial charge on any atom is -0.390 e. The fourth-order valence-corrected chi connectivity index (χ4v) is 1.87. The lowest BCUT2D eigenvalue weighted by molar-refractivity contribution is -0.0285. The molecule has 74 valence electrons. The summed E-state index contributed by atoms with van der Waals surface area (Å²) in [5.74, 6) is 0.266.